The fourth-order valence-corrected chi connectivity index (χ4v) is 2.11. The van der Waals surface area contributed by atoms with Crippen LogP contribution >= 0.6 is 23.2 Å². The minimum atomic E-state index is -0.472. The Bertz CT molecular complexity index is 368. The third-order valence-corrected chi connectivity index (χ3v) is 3.21. The van der Waals surface area contributed by atoms with E-state index in [2.05, 4.69) is 0 Å². The first-order valence-electron chi connectivity index (χ1n) is 5.26. The molecule has 0 saturated carbocycles. The Kier molecular flexibility index (Phi) is 5.03. The molecule has 1 aromatic rings. The lowest BCUT2D eigenvalue weighted by molar-refractivity contribution is 0.00545. The van der Waals surface area contributed by atoms with E-state index in [1.165, 1.54) is 12.1 Å². The van der Waals surface area contributed by atoms with Crippen LogP contribution in [0.15, 0.2) is 12.1 Å². The van der Waals surface area contributed by atoms with Crippen LogP contribution in [0.3, 0.4) is 0 Å². The van der Waals surface area contributed by atoms with Crippen molar-refractivity contribution >= 4 is 23.2 Å². The van der Waals surface area contributed by atoms with Crippen molar-refractivity contribution in [2.75, 3.05) is 0 Å². The molecule has 1 nitrogen and oxygen atoms in total. The van der Waals surface area contributed by atoms with E-state index in [0.717, 1.165) is 6.42 Å². The van der Waals surface area contributed by atoms with Gasteiger partial charge in [0.05, 0.1) is 17.2 Å². The van der Waals surface area contributed by atoms with Crippen molar-refractivity contribution in [3.8, 4) is 0 Å². The normalized spacial score (nSPS) is 14.9. The van der Waals surface area contributed by atoms with Crippen molar-refractivity contribution in [3.63, 3.8) is 0 Å². The SMILES string of the molecule is CCC(C)OC(C)c1c(Cl)ccc(F)c1Cl. The van der Waals surface area contributed by atoms with Gasteiger partial charge in [0.2, 0.25) is 0 Å². The maximum Gasteiger partial charge on any atom is 0.142 e. The number of benzene rings is 1. The number of halogens is 3. The summed E-state index contributed by atoms with van der Waals surface area (Å²) in [6.45, 7) is 5.79. The summed E-state index contributed by atoms with van der Waals surface area (Å²) >= 11 is 11.9. The minimum Gasteiger partial charge on any atom is -0.371 e. The Morgan fingerprint density at radius 3 is 2.50 bits per heavy atom. The molecule has 0 amide bonds. The lowest BCUT2D eigenvalue weighted by Gasteiger charge is -2.20. The summed E-state index contributed by atoms with van der Waals surface area (Å²) in [7, 11) is 0. The molecule has 90 valence electrons. The van der Waals surface area contributed by atoms with Crippen molar-refractivity contribution in [1.82, 2.24) is 0 Å². The van der Waals surface area contributed by atoms with E-state index in [0.29, 0.717) is 10.6 Å². The highest BCUT2D eigenvalue weighted by Gasteiger charge is 2.18. The Hall–Kier alpha value is -0.310. The standard InChI is InChI=1S/C12H15Cl2FO/c1-4-7(2)16-8(3)11-9(13)5-6-10(15)12(11)14/h5-8H,4H2,1-3H3. The smallest absolute Gasteiger partial charge is 0.142 e. The van der Waals surface area contributed by atoms with Crippen LogP contribution in [0.4, 0.5) is 4.39 Å². The molecule has 1 aromatic carbocycles. The molecule has 0 saturated heterocycles. The first-order chi connectivity index (χ1) is 7.47. The predicted octanol–water partition coefficient (Wildman–Crippen LogP) is 5.01. The molecule has 0 heterocycles. The largest absolute Gasteiger partial charge is 0.371 e. The van der Waals surface area contributed by atoms with Gasteiger partial charge in [-0.3, -0.25) is 0 Å². The van der Waals surface area contributed by atoms with Gasteiger partial charge in [-0.15, -0.1) is 0 Å². The first kappa shape index (κ1) is 13.8. The quantitative estimate of drug-likeness (QED) is 0.695. The van der Waals surface area contributed by atoms with E-state index in [1.807, 2.05) is 20.8 Å². The molecular formula is C12H15Cl2FO. The van der Waals surface area contributed by atoms with Gasteiger partial charge in [-0.05, 0) is 32.4 Å². The molecule has 0 aliphatic heterocycles. The topological polar surface area (TPSA) is 9.23 Å². The third-order valence-electron chi connectivity index (χ3n) is 2.50. The van der Waals surface area contributed by atoms with Crippen LogP contribution in [0.1, 0.15) is 38.9 Å². The van der Waals surface area contributed by atoms with E-state index < -0.39 is 5.82 Å². The van der Waals surface area contributed by atoms with Gasteiger partial charge >= 0.3 is 0 Å². The number of hydrogen-bond acceptors (Lipinski definition) is 1. The molecule has 16 heavy (non-hydrogen) atoms. The van der Waals surface area contributed by atoms with Crippen LogP contribution in [0, 0.1) is 5.82 Å². The molecule has 1 rings (SSSR count). The van der Waals surface area contributed by atoms with Crippen LogP contribution < -0.4 is 0 Å². The molecule has 2 atom stereocenters. The zero-order chi connectivity index (χ0) is 12.3. The van der Waals surface area contributed by atoms with Gasteiger partial charge in [-0.1, -0.05) is 30.1 Å². The number of rotatable bonds is 4. The van der Waals surface area contributed by atoms with Crippen molar-refractivity contribution in [2.45, 2.75) is 39.4 Å². The molecule has 0 aliphatic rings. The van der Waals surface area contributed by atoms with Gasteiger partial charge in [0, 0.05) is 10.6 Å². The highest BCUT2D eigenvalue weighted by atomic mass is 35.5. The fourth-order valence-electron chi connectivity index (χ4n) is 1.43. The second-order valence-corrected chi connectivity index (χ2v) is 4.54. The van der Waals surface area contributed by atoms with Crippen LogP contribution in [0.2, 0.25) is 10.0 Å². The Morgan fingerprint density at radius 1 is 1.31 bits per heavy atom. The van der Waals surface area contributed by atoms with Crippen LogP contribution in [0.5, 0.6) is 0 Å². The van der Waals surface area contributed by atoms with Gasteiger partial charge in [-0.25, -0.2) is 4.39 Å². The van der Waals surface area contributed by atoms with Gasteiger partial charge in [0.25, 0.3) is 0 Å². The molecule has 0 aliphatic carbocycles. The second-order valence-electron chi connectivity index (χ2n) is 3.75. The monoisotopic (exact) mass is 264 g/mol. The summed E-state index contributed by atoms with van der Waals surface area (Å²) in [6.07, 6.45) is 0.658. The summed E-state index contributed by atoms with van der Waals surface area (Å²) < 4.78 is 19.0. The van der Waals surface area contributed by atoms with Gasteiger partial charge in [-0.2, -0.15) is 0 Å². The lowest BCUT2D eigenvalue weighted by Crippen LogP contribution is -2.11. The zero-order valence-corrected chi connectivity index (χ0v) is 11.1. The van der Waals surface area contributed by atoms with Crippen molar-refractivity contribution in [1.29, 1.82) is 0 Å². The van der Waals surface area contributed by atoms with E-state index in [-0.39, 0.29) is 17.2 Å². The average Bonchev–Trinajstić information content (AvgIpc) is 2.24. The average molecular weight is 265 g/mol. The number of hydrogen-bond donors (Lipinski definition) is 0. The van der Waals surface area contributed by atoms with Gasteiger partial charge in [0.15, 0.2) is 0 Å². The van der Waals surface area contributed by atoms with Crippen molar-refractivity contribution in [3.05, 3.63) is 33.6 Å². The molecule has 0 bridgehead atoms. The van der Waals surface area contributed by atoms with Crippen molar-refractivity contribution in [2.24, 2.45) is 0 Å². The van der Waals surface area contributed by atoms with Crippen LogP contribution in [-0.2, 0) is 4.74 Å². The Balaban J connectivity index is 2.98. The molecule has 0 N–H and O–H groups in total. The molecule has 0 aromatic heterocycles. The summed E-state index contributed by atoms with van der Waals surface area (Å²) in [5.41, 5.74) is 0.517. The molecule has 0 spiro atoms. The van der Waals surface area contributed by atoms with Gasteiger partial charge < -0.3 is 4.74 Å². The molecule has 0 fully saturated rings. The lowest BCUT2D eigenvalue weighted by atomic mass is 10.1. The highest BCUT2D eigenvalue weighted by molar-refractivity contribution is 6.36. The predicted molar refractivity (Wildman–Crippen MR) is 65.7 cm³/mol. The zero-order valence-electron chi connectivity index (χ0n) is 9.56. The molecule has 4 heteroatoms. The van der Waals surface area contributed by atoms with E-state index in [1.54, 1.807) is 0 Å². The maximum absolute atomic E-state index is 13.3. The van der Waals surface area contributed by atoms with Crippen molar-refractivity contribution < 1.29 is 9.13 Å². The van der Waals surface area contributed by atoms with E-state index in [4.69, 9.17) is 27.9 Å². The van der Waals surface area contributed by atoms with Crippen LogP contribution in [0.25, 0.3) is 0 Å². The Labute approximate surface area is 106 Å². The second kappa shape index (κ2) is 5.85. The van der Waals surface area contributed by atoms with E-state index in [9.17, 15) is 4.39 Å². The minimum absolute atomic E-state index is 0.0447. The molecule has 0 radical (unpaired) electrons. The summed E-state index contributed by atoms with van der Waals surface area (Å²) in [5.74, 6) is -0.472. The molecular weight excluding hydrogens is 250 g/mol. The Morgan fingerprint density at radius 2 is 1.94 bits per heavy atom. The fraction of sp³-hybridized carbons (Fsp3) is 0.500. The summed E-state index contributed by atoms with van der Waals surface area (Å²) in [4.78, 5) is 0. The van der Waals surface area contributed by atoms with Crippen LogP contribution in [-0.4, -0.2) is 6.10 Å². The van der Waals surface area contributed by atoms with Gasteiger partial charge in [0.1, 0.15) is 5.82 Å². The summed E-state index contributed by atoms with van der Waals surface area (Å²) in [6, 6.07) is 2.75. The molecule has 2 unspecified atom stereocenters. The summed E-state index contributed by atoms with van der Waals surface area (Å²) in [5, 5.41) is 0.477. The van der Waals surface area contributed by atoms with E-state index >= 15 is 0 Å². The highest BCUT2D eigenvalue weighted by Crippen LogP contribution is 2.34. The first-order valence-corrected chi connectivity index (χ1v) is 6.01. The maximum atomic E-state index is 13.3. The number of ether oxygens (including phenoxy) is 1. The third kappa shape index (κ3) is 3.09.